The van der Waals surface area contributed by atoms with Gasteiger partial charge in [0.1, 0.15) is 0 Å². The molecule has 0 spiro atoms. The van der Waals surface area contributed by atoms with E-state index in [1.165, 1.54) is 12.8 Å². The molecular weight excluding hydrogens is 236 g/mol. The van der Waals surface area contributed by atoms with Gasteiger partial charge < -0.3 is 10.0 Å². The predicted molar refractivity (Wildman–Crippen MR) is 65.9 cm³/mol. The highest BCUT2D eigenvalue weighted by molar-refractivity contribution is 5.73. The summed E-state index contributed by atoms with van der Waals surface area (Å²) in [5.41, 5.74) is 2.16. The van der Waals surface area contributed by atoms with Crippen molar-refractivity contribution in [2.45, 2.75) is 39.0 Å². The third-order valence-electron chi connectivity index (χ3n) is 3.19. The zero-order valence-electron chi connectivity index (χ0n) is 10.9. The second kappa shape index (κ2) is 7.92. The number of nitrogens with zero attached hydrogens (tertiary/aromatic N) is 1. The molecule has 0 aromatic rings. The van der Waals surface area contributed by atoms with Crippen LogP contribution in [0.3, 0.4) is 0 Å². The summed E-state index contributed by atoms with van der Waals surface area (Å²) in [5.74, 6) is -0.401. The van der Waals surface area contributed by atoms with Crippen LogP contribution < -0.4 is 5.48 Å². The summed E-state index contributed by atoms with van der Waals surface area (Å²) < 4.78 is 0. The zero-order chi connectivity index (χ0) is 13.4. The summed E-state index contributed by atoms with van der Waals surface area (Å²) in [6.45, 7) is 3.09. The molecule has 6 heteroatoms. The Morgan fingerprint density at radius 1 is 1.39 bits per heavy atom. The Kier molecular flexibility index (Phi) is 6.49. The van der Waals surface area contributed by atoms with Crippen LogP contribution in [0.15, 0.2) is 0 Å². The van der Waals surface area contributed by atoms with Crippen LogP contribution in [0.4, 0.5) is 4.79 Å². The van der Waals surface area contributed by atoms with E-state index in [1.54, 1.807) is 4.90 Å². The lowest BCUT2D eigenvalue weighted by atomic mass is 9.96. The number of hydroxylamine groups is 1. The van der Waals surface area contributed by atoms with Gasteiger partial charge >= 0.3 is 12.0 Å². The summed E-state index contributed by atoms with van der Waals surface area (Å²) in [5, 5.41) is 8.39. The standard InChI is InChI=1S/C12H22N2O4/c1-2-4-10-5-3-7-14(8-6-10)12(17)13-18-9-11(15)16/h10H,2-9H2,1H3,(H,13,17)(H,15,16). The number of carboxylic acid groups (broad SMARTS) is 1. The van der Waals surface area contributed by atoms with Crippen LogP contribution in [0.25, 0.3) is 0 Å². The number of hydrogen-bond acceptors (Lipinski definition) is 3. The average molecular weight is 258 g/mol. The van der Waals surface area contributed by atoms with Crippen molar-refractivity contribution in [2.75, 3.05) is 19.7 Å². The third-order valence-corrected chi connectivity index (χ3v) is 3.19. The Hall–Kier alpha value is -1.30. The molecule has 1 saturated heterocycles. The summed E-state index contributed by atoms with van der Waals surface area (Å²) >= 11 is 0. The fourth-order valence-electron chi connectivity index (χ4n) is 2.29. The monoisotopic (exact) mass is 258 g/mol. The number of aliphatic carboxylic acids is 1. The molecule has 6 nitrogen and oxygen atoms in total. The largest absolute Gasteiger partial charge is 0.479 e. The molecule has 104 valence electrons. The van der Waals surface area contributed by atoms with E-state index in [-0.39, 0.29) is 6.03 Å². The minimum Gasteiger partial charge on any atom is -0.479 e. The molecule has 1 atom stereocenters. The minimum atomic E-state index is -1.10. The van der Waals surface area contributed by atoms with Gasteiger partial charge in [0.2, 0.25) is 0 Å². The highest BCUT2D eigenvalue weighted by atomic mass is 16.7. The van der Waals surface area contributed by atoms with E-state index in [1.807, 2.05) is 0 Å². The first-order valence-corrected chi connectivity index (χ1v) is 6.52. The molecule has 1 aliphatic rings. The maximum absolute atomic E-state index is 11.7. The number of likely N-dealkylation sites (tertiary alicyclic amines) is 1. The number of carboxylic acids is 1. The van der Waals surface area contributed by atoms with Gasteiger partial charge in [-0.15, -0.1) is 0 Å². The van der Waals surface area contributed by atoms with Crippen molar-refractivity contribution in [3.8, 4) is 0 Å². The SMILES string of the molecule is CCCC1CCCN(C(=O)NOCC(=O)O)CC1. The Morgan fingerprint density at radius 2 is 2.17 bits per heavy atom. The Labute approximate surface area is 107 Å². The minimum absolute atomic E-state index is 0.339. The first kappa shape index (κ1) is 14.8. The average Bonchev–Trinajstić information content (AvgIpc) is 2.54. The van der Waals surface area contributed by atoms with Crippen LogP contribution in [0.5, 0.6) is 0 Å². The van der Waals surface area contributed by atoms with Crippen LogP contribution >= 0.6 is 0 Å². The predicted octanol–water partition coefficient (Wildman–Crippen LogP) is 1.61. The molecule has 1 heterocycles. The van der Waals surface area contributed by atoms with Crippen molar-refractivity contribution in [3.63, 3.8) is 0 Å². The molecule has 0 aromatic heterocycles. The third kappa shape index (κ3) is 5.35. The number of carbonyl (C=O) groups excluding carboxylic acids is 1. The number of rotatable bonds is 5. The topological polar surface area (TPSA) is 78.9 Å². The highest BCUT2D eigenvalue weighted by Crippen LogP contribution is 2.21. The molecular formula is C12H22N2O4. The molecule has 0 saturated carbocycles. The number of hydrogen-bond donors (Lipinski definition) is 2. The Bertz CT molecular complexity index is 283. The van der Waals surface area contributed by atoms with Gasteiger partial charge in [0.15, 0.2) is 6.61 Å². The van der Waals surface area contributed by atoms with Crippen molar-refractivity contribution in [2.24, 2.45) is 5.92 Å². The zero-order valence-corrected chi connectivity index (χ0v) is 10.9. The van der Waals surface area contributed by atoms with Gasteiger partial charge in [-0.1, -0.05) is 19.8 Å². The van der Waals surface area contributed by atoms with Crippen LogP contribution in [-0.2, 0) is 9.63 Å². The maximum atomic E-state index is 11.7. The van der Waals surface area contributed by atoms with Gasteiger partial charge in [-0.3, -0.25) is 4.84 Å². The molecule has 0 aromatic carbocycles. The van der Waals surface area contributed by atoms with Gasteiger partial charge in [0.05, 0.1) is 0 Å². The Morgan fingerprint density at radius 3 is 2.83 bits per heavy atom. The molecule has 1 rings (SSSR count). The second-order valence-electron chi connectivity index (χ2n) is 4.66. The maximum Gasteiger partial charge on any atom is 0.341 e. The van der Waals surface area contributed by atoms with E-state index in [0.717, 1.165) is 19.3 Å². The summed E-state index contributed by atoms with van der Waals surface area (Å²) in [6.07, 6.45) is 5.56. The van der Waals surface area contributed by atoms with Crippen LogP contribution in [0.1, 0.15) is 39.0 Å². The fraction of sp³-hybridized carbons (Fsp3) is 0.833. The lowest BCUT2D eigenvalue weighted by Crippen LogP contribution is -2.41. The molecule has 0 bridgehead atoms. The van der Waals surface area contributed by atoms with E-state index in [4.69, 9.17) is 5.11 Å². The lowest BCUT2D eigenvalue weighted by Gasteiger charge is -2.20. The van der Waals surface area contributed by atoms with Gasteiger partial charge in [-0.25, -0.2) is 15.1 Å². The van der Waals surface area contributed by atoms with Crippen LogP contribution in [0.2, 0.25) is 0 Å². The van der Waals surface area contributed by atoms with Gasteiger partial charge in [0.25, 0.3) is 0 Å². The van der Waals surface area contributed by atoms with E-state index < -0.39 is 12.6 Å². The summed E-state index contributed by atoms with van der Waals surface area (Å²) in [6, 6.07) is -0.339. The molecule has 0 aliphatic carbocycles. The van der Waals surface area contributed by atoms with Gasteiger partial charge in [-0.05, 0) is 25.2 Å². The molecule has 2 N–H and O–H groups in total. The van der Waals surface area contributed by atoms with Crippen LogP contribution in [0, 0.1) is 5.92 Å². The molecule has 0 radical (unpaired) electrons. The van der Waals surface area contributed by atoms with Crippen molar-refractivity contribution < 1.29 is 19.5 Å². The Balaban J connectivity index is 2.28. The van der Waals surface area contributed by atoms with Crippen molar-refractivity contribution in [1.82, 2.24) is 10.4 Å². The van der Waals surface area contributed by atoms with E-state index in [0.29, 0.717) is 19.0 Å². The lowest BCUT2D eigenvalue weighted by molar-refractivity contribution is -0.144. The first-order chi connectivity index (χ1) is 8.63. The van der Waals surface area contributed by atoms with Crippen molar-refractivity contribution in [3.05, 3.63) is 0 Å². The normalized spacial score (nSPS) is 20.3. The van der Waals surface area contributed by atoms with E-state index in [9.17, 15) is 9.59 Å². The second-order valence-corrected chi connectivity index (χ2v) is 4.66. The summed E-state index contributed by atoms with van der Waals surface area (Å²) in [7, 11) is 0. The number of carbonyl (C=O) groups is 2. The number of amides is 2. The highest BCUT2D eigenvalue weighted by Gasteiger charge is 2.20. The fourth-order valence-corrected chi connectivity index (χ4v) is 2.29. The van der Waals surface area contributed by atoms with Gasteiger partial charge in [0, 0.05) is 13.1 Å². The van der Waals surface area contributed by atoms with Crippen LogP contribution in [-0.4, -0.2) is 41.7 Å². The number of urea groups is 1. The molecule has 18 heavy (non-hydrogen) atoms. The van der Waals surface area contributed by atoms with Crippen molar-refractivity contribution >= 4 is 12.0 Å². The van der Waals surface area contributed by atoms with Gasteiger partial charge in [-0.2, -0.15) is 0 Å². The molecule has 2 amide bonds. The molecule has 1 aliphatic heterocycles. The smallest absolute Gasteiger partial charge is 0.341 e. The van der Waals surface area contributed by atoms with Crippen molar-refractivity contribution in [1.29, 1.82) is 0 Å². The quantitative estimate of drug-likeness (QED) is 0.734. The van der Waals surface area contributed by atoms with E-state index >= 15 is 0 Å². The summed E-state index contributed by atoms with van der Waals surface area (Å²) in [4.78, 5) is 28.2. The van der Waals surface area contributed by atoms with E-state index in [2.05, 4.69) is 17.2 Å². The number of nitrogens with one attached hydrogen (secondary N) is 1. The molecule has 1 fully saturated rings. The molecule has 1 unspecified atom stereocenters. The first-order valence-electron chi connectivity index (χ1n) is 6.52.